The van der Waals surface area contributed by atoms with E-state index in [4.69, 9.17) is 9.84 Å². The maximum absolute atomic E-state index is 13.7. The first-order valence-corrected chi connectivity index (χ1v) is 11.1. The zero-order valence-corrected chi connectivity index (χ0v) is 19.0. The fourth-order valence-electron chi connectivity index (χ4n) is 4.16. The Morgan fingerprint density at radius 1 is 1.16 bits per heavy atom. The molecule has 6 nitrogen and oxygen atoms in total. The first kappa shape index (κ1) is 23.0. The number of amides is 1. The molecule has 1 fully saturated rings. The van der Waals surface area contributed by atoms with E-state index in [2.05, 4.69) is 0 Å². The first-order chi connectivity index (χ1) is 14.7. The monoisotopic (exact) mass is 429 g/mol. The van der Waals surface area contributed by atoms with Crippen LogP contribution < -0.4 is 0 Å². The van der Waals surface area contributed by atoms with Gasteiger partial charge in [-0.3, -0.25) is 9.59 Å². The number of halogens is 1. The first-order valence-electron chi connectivity index (χ1n) is 11.1. The van der Waals surface area contributed by atoms with Gasteiger partial charge in [-0.1, -0.05) is 27.7 Å². The third-order valence-electron chi connectivity index (χ3n) is 5.66. The molecule has 1 aliphatic rings. The molecule has 7 heteroatoms. The van der Waals surface area contributed by atoms with E-state index in [0.717, 1.165) is 24.2 Å². The standard InChI is InChI=1S/C24H32FN3O3/c1-6-31-24(30)17-8-7-13-27(14-17)23(29)20-21(15(2)3)26-28(22(20)16(4)5)19-11-9-18(25)10-12-19/h9-12,15-17H,6-8,13-14H2,1-5H3/t17-/m1/s1. The number of hydrogen-bond acceptors (Lipinski definition) is 4. The van der Waals surface area contributed by atoms with Crippen molar-refractivity contribution in [2.24, 2.45) is 5.92 Å². The molecule has 1 aliphatic heterocycles. The van der Waals surface area contributed by atoms with Crippen LogP contribution in [0.25, 0.3) is 5.69 Å². The highest BCUT2D eigenvalue weighted by molar-refractivity contribution is 5.97. The summed E-state index contributed by atoms with van der Waals surface area (Å²) in [4.78, 5) is 27.8. The number of aromatic nitrogens is 2. The summed E-state index contributed by atoms with van der Waals surface area (Å²) in [7, 11) is 0. The van der Waals surface area contributed by atoms with E-state index in [1.165, 1.54) is 12.1 Å². The van der Waals surface area contributed by atoms with Gasteiger partial charge in [0.15, 0.2) is 0 Å². The molecule has 0 radical (unpaired) electrons. The van der Waals surface area contributed by atoms with Gasteiger partial charge >= 0.3 is 5.97 Å². The normalized spacial score (nSPS) is 16.8. The number of esters is 1. The summed E-state index contributed by atoms with van der Waals surface area (Å²) in [5.74, 6) is -0.904. The molecule has 3 rings (SSSR count). The quantitative estimate of drug-likeness (QED) is 0.626. The third kappa shape index (κ3) is 4.81. The van der Waals surface area contributed by atoms with E-state index < -0.39 is 0 Å². The van der Waals surface area contributed by atoms with Crippen LogP contribution in [0.5, 0.6) is 0 Å². The minimum atomic E-state index is -0.319. The summed E-state index contributed by atoms with van der Waals surface area (Å²) in [6, 6.07) is 6.13. The zero-order valence-electron chi connectivity index (χ0n) is 19.0. The highest BCUT2D eigenvalue weighted by atomic mass is 19.1. The van der Waals surface area contributed by atoms with Crippen LogP contribution in [0.1, 0.15) is 81.0 Å². The number of ether oxygens (including phenoxy) is 1. The molecule has 1 aromatic heterocycles. The second-order valence-electron chi connectivity index (χ2n) is 8.69. The molecule has 0 bridgehead atoms. The molecule has 0 spiro atoms. The van der Waals surface area contributed by atoms with Crippen molar-refractivity contribution in [1.29, 1.82) is 0 Å². The van der Waals surface area contributed by atoms with Crippen LogP contribution in [0.2, 0.25) is 0 Å². The molecule has 0 aliphatic carbocycles. The lowest BCUT2D eigenvalue weighted by atomic mass is 9.94. The van der Waals surface area contributed by atoms with Gasteiger partial charge in [0.25, 0.3) is 5.91 Å². The molecule has 1 saturated heterocycles. The van der Waals surface area contributed by atoms with E-state index in [0.29, 0.717) is 30.9 Å². The number of carbonyl (C=O) groups excluding carboxylic acids is 2. The average molecular weight is 430 g/mol. The van der Waals surface area contributed by atoms with Crippen molar-refractivity contribution in [3.8, 4) is 5.69 Å². The minimum absolute atomic E-state index is 0.0228. The zero-order chi connectivity index (χ0) is 22.7. The SMILES string of the molecule is CCOC(=O)[C@@H]1CCCN(C(=O)c2c(C(C)C)nn(-c3ccc(F)cc3)c2C(C)C)C1. The van der Waals surface area contributed by atoms with E-state index in [1.54, 1.807) is 28.6 Å². The van der Waals surface area contributed by atoms with Crippen LogP contribution in [-0.4, -0.2) is 46.3 Å². The van der Waals surface area contributed by atoms with E-state index in [9.17, 15) is 14.0 Å². The Morgan fingerprint density at radius 3 is 2.42 bits per heavy atom. The Kier molecular flexibility index (Phi) is 7.13. The van der Waals surface area contributed by atoms with Gasteiger partial charge in [-0.15, -0.1) is 0 Å². The Bertz CT molecular complexity index is 934. The summed E-state index contributed by atoms with van der Waals surface area (Å²) in [6.45, 7) is 11.1. The van der Waals surface area contributed by atoms with Crippen molar-refractivity contribution >= 4 is 11.9 Å². The fraction of sp³-hybridized carbons (Fsp3) is 0.542. The van der Waals surface area contributed by atoms with Gasteiger partial charge < -0.3 is 9.64 Å². The molecule has 1 amide bonds. The van der Waals surface area contributed by atoms with Crippen LogP contribution in [0.3, 0.4) is 0 Å². The van der Waals surface area contributed by atoms with Gasteiger partial charge in [-0.25, -0.2) is 9.07 Å². The maximum Gasteiger partial charge on any atom is 0.310 e. The molecule has 0 N–H and O–H groups in total. The average Bonchev–Trinajstić information content (AvgIpc) is 3.15. The van der Waals surface area contributed by atoms with Gasteiger partial charge in [0.1, 0.15) is 5.82 Å². The summed E-state index contributed by atoms with van der Waals surface area (Å²) < 4.78 is 20.4. The number of piperidine rings is 1. The second kappa shape index (κ2) is 9.62. The Morgan fingerprint density at radius 2 is 1.84 bits per heavy atom. The lowest BCUT2D eigenvalue weighted by Crippen LogP contribution is -2.43. The van der Waals surface area contributed by atoms with Crippen LogP contribution in [-0.2, 0) is 9.53 Å². The van der Waals surface area contributed by atoms with Gasteiger partial charge in [0.05, 0.1) is 35.2 Å². The van der Waals surface area contributed by atoms with Gasteiger partial charge in [-0.05, 0) is 55.9 Å². The van der Waals surface area contributed by atoms with Crippen molar-refractivity contribution in [3.63, 3.8) is 0 Å². The maximum atomic E-state index is 13.7. The minimum Gasteiger partial charge on any atom is -0.466 e. The van der Waals surface area contributed by atoms with Gasteiger partial charge in [0.2, 0.25) is 0 Å². The van der Waals surface area contributed by atoms with Gasteiger partial charge in [-0.2, -0.15) is 5.10 Å². The van der Waals surface area contributed by atoms with Crippen molar-refractivity contribution < 1.29 is 18.7 Å². The highest BCUT2D eigenvalue weighted by Crippen LogP contribution is 2.32. The second-order valence-corrected chi connectivity index (χ2v) is 8.69. The molecular weight excluding hydrogens is 397 g/mol. The fourth-order valence-corrected chi connectivity index (χ4v) is 4.16. The number of hydrogen-bond donors (Lipinski definition) is 0. The molecule has 0 saturated carbocycles. The number of likely N-dealkylation sites (tertiary alicyclic amines) is 1. The molecule has 1 atom stereocenters. The third-order valence-corrected chi connectivity index (χ3v) is 5.66. The summed E-state index contributed by atoms with van der Waals surface area (Å²) in [5.41, 5.74) is 2.84. The number of carbonyl (C=O) groups is 2. The smallest absolute Gasteiger partial charge is 0.310 e. The van der Waals surface area contributed by atoms with Gasteiger partial charge in [0, 0.05) is 13.1 Å². The lowest BCUT2D eigenvalue weighted by molar-refractivity contribution is -0.149. The molecule has 31 heavy (non-hydrogen) atoms. The predicted molar refractivity (Wildman–Crippen MR) is 117 cm³/mol. The lowest BCUT2D eigenvalue weighted by Gasteiger charge is -2.32. The molecule has 2 aromatic rings. The molecule has 0 unspecified atom stereocenters. The molecule has 1 aromatic carbocycles. The van der Waals surface area contributed by atoms with Crippen molar-refractivity contribution in [2.45, 2.75) is 59.3 Å². The Labute approximate surface area is 183 Å². The molecule has 2 heterocycles. The molecule has 168 valence electrons. The number of rotatable bonds is 6. The van der Waals surface area contributed by atoms with Crippen LogP contribution in [0, 0.1) is 11.7 Å². The largest absolute Gasteiger partial charge is 0.466 e. The van der Waals surface area contributed by atoms with Crippen LogP contribution in [0.15, 0.2) is 24.3 Å². The number of nitrogens with zero attached hydrogens (tertiary/aromatic N) is 3. The highest BCUT2D eigenvalue weighted by Gasteiger charge is 2.34. The predicted octanol–water partition coefficient (Wildman–Crippen LogP) is 4.67. The van der Waals surface area contributed by atoms with Crippen LogP contribution >= 0.6 is 0 Å². The summed E-state index contributed by atoms with van der Waals surface area (Å²) >= 11 is 0. The molecular formula is C24H32FN3O3. The topological polar surface area (TPSA) is 64.4 Å². The van der Waals surface area contributed by atoms with E-state index in [1.807, 2.05) is 27.7 Å². The van der Waals surface area contributed by atoms with Crippen molar-refractivity contribution in [3.05, 3.63) is 47.0 Å². The number of benzene rings is 1. The van der Waals surface area contributed by atoms with E-state index >= 15 is 0 Å². The van der Waals surface area contributed by atoms with Crippen molar-refractivity contribution in [2.75, 3.05) is 19.7 Å². The summed E-state index contributed by atoms with van der Waals surface area (Å²) in [5, 5.41) is 4.79. The van der Waals surface area contributed by atoms with Crippen LogP contribution in [0.4, 0.5) is 4.39 Å². The summed E-state index contributed by atoms with van der Waals surface area (Å²) in [6.07, 6.45) is 1.49. The van der Waals surface area contributed by atoms with Crippen molar-refractivity contribution in [1.82, 2.24) is 14.7 Å². The van der Waals surface area contributed by atoms with E-state index in [-0.39, 0.29) is 35.4 Å². The Balaban J connectivity index is 2.03. The Hall–Kier alpha value is -2.70.